The van der Waals surface area contributed by atoms with Gasteiger partial charge >= 0.3 is 0 Å². The summed E-state index contributed by atoms with van der Waals surface area (Å²) in [7, 11) is 0. The molecular formula is C20H18N2O4S. The van der Waals surface area contributed by atoms with Gasteiger partial charge in [0.15, 0.2) is 5.78 Å². The van der Waals surface area contributed by atoms with Crippen LogP contribution in [0.1, 0.15) is 22.2 Å². The summed E-state index contributed by atoms with van der Waals surface area (Å²) in [5.41, 5.74) is 2.13. The number of hydrogen-bond acceptors (Lipinski definition) is 5. The van der Waals surface area contributed by atoms with E-state index < -0.39 is 0 Å². The fourth-order valence-electron chi connectivity index (χ4n) is 2.50. The molecule has 1 heterocycles. The smallest absolute Gasteiger partial charge is 0.265 e. The van der Waals surface area contributed by atoms with Crippen LogP contribution in [0.15, 0.2) is 42.5 Å². The molecular weight excluding hydrogens is 364 g/mol. The van der Waals surface area contributed by atoms with Crippen molar-refractivity contribution in [3.8, 4) is 5.75 Å². The molecule has 2 aromatic carbocycles. The molecule has 0 unspecified atom stereocenters. The first-order valence-corrected chi connectivity index (χ1v) is 9.06. The summed E-state index contributed by atoms with van der Waals surface area (Å²) in [5, 5.41) is 6.37. The van der Waals surface area contributed by atoms with E-state index in [-0.39, 0.29) is 18.3 Å². The number of Topliss-reactive ketones (excluding diaryl/α,β-unsaturated/α-hetero) is 1. The molecule has 27 heavy (non-hydrogen) atoms. The van der Waals surface area contributed by atoms with Gasteiger partial charge in [0.2, 0.25) is 6.41 Å². The molecule has 0 saturated carbocycles. The highest BCUT2D eigenvalue weighted by Gasteiger charge is 2.13. The van der Waals surface area contributed by atoms with Crippen molar-refractivity contribution in [1.29, 1.82) is 0 Å². The summed E-state index contributed by atoms with van der Waals surface area (Å²) < 4.78 is 6.31. The first kappa shape index (κ1) is 18.6. The van der Waals surface area contributed by atoms with Crippen LogP contribution in [0, 0.1) is 6.92 Å². The number of fused-ring (bicyclic) bond motifs is 1. The highest BCUT2D eigenvalue weighted by Crippen LogP contribution is 2.30. The number of rotatable bonds is 7. The van der Waals surface area contributed by atoms with Gasteiger partial charge in [0.1, 0.15) is 12.4 Å². The van der Waals surface area contributed by atoms with E-state index in [1.54, 1.807) is 18.2 Å². The Hall–Kier alpha value is -3.19. The van der Waals surface area contributed by atoms with Crippen LogP contribution in [-0.4, -0.2) is 24.7 Å². The summed E-state index contributed by atoms with van der Waals surface area (Å²) in [6.45, 7) is 3.37. The van der Waals surface area contributed by atoms with Gasteiger partial charge in [0.25, 0.3) is 5.91 Å². The van der Waals surface area contributed by atoms with Crippen LogP contribution in [0.2, 0.25) is 0 Å². The Morgan fingerprint density at radius 1 is 1.15 bits per heavy atom. The van der Waals surface area contributed by atoms with Crippen LogP contribution in [0.5, 0.6) is 5.75 Å². The SMILES string of the molecule is CC(=O)COc1ccc2cc(C(=O)Nc3cc(NC=O)ccc3C)sc2c1. The number of nitrogens with one attached hydrogen (secondary N) is 2. The topological polar surface area (TPSA) is 84.5 Å². The molecule has 0 atom stereocenters. The van der Waals surface area contributed by atoms with E-state index in [0.29, 0.717) is 28.4 Å². The molecule has 138 valence electrons. The average Bonchev–Trinajstić information content (AvgIpc) is 3.06. The van der Waals surface area contributed by atoms with Crippen molar-refractivity contribution in [2.45, 2.75) is 13.8 Å². The average molecular weight is 382 g/mol. The number of ketones is 1. The second-order valence-corrected chi connectivity index (χ2v) is 7.13. The van der Waals surface area contributed by atoms with E-state index in [1.165, 1.54) is 18.3 Å². The molecule has 3 rings (SSSR count). The van der Waals surface area contributed by atoms with Gasteiger partial charge in [0, 0.05) is 16.1 Å². The maximum Gasteiger partial charge on any atom is 0.265 e. The Morgan fingerprint density at radius 2 is 1.96 bits per heavy atom. The second-order valence-electron chi connectivity index (χ2n) is 6.05. The lowest BCUT2D eigenvalue weighted by Crippen LogP contribution is -2.11. The zero-order valence-electron chi connectivity index (χ0n) is 14.9. The van der Waals surface area contributed by atoms with E-state index in [1.807, 2.05) is 31.2 Å². The summed E-state index contributed by atoms with van der Waals surface area (Å²) in [6.07, 6.45) is 0.591. The molecule has 0 aliphatic carbocycles. The molecule has 0 saturated heterocycles. The molecule has 2 N–H and O–H groups in total. The predicted molar refractivity (Wildman–Crippen MR) is 107 cm³/mol. The highest BCUT2D eigenvalue weighted by molar-refractivity contribution is 7.20. The maximum atomic E-state index is 12.6. The number of thiophene rings is 1. The number of hydrogen-bond donors (Lipinski definition) is 2. The molecule has 1 aromatic heterocycles. The quantitative estimate of drug-likeness (QED) is 0.605. The number of amides is 2. The van der Waals surface area contributed by atoms with Gasteiger partial charge < -0.3 is 15.4 Å². The minimum atomic E-state index is -0.228. The minimum absolute atomic E-state index is 0.0225. The summed E-state index contributed by atoms with van der Waals surface area (Å²) in [6, 6.07) is 12.6. The van der Waals surface area contributed by atoms with Crippen LogP contribution in [0.25, 0.3) is 10.1 Å². The van der Waals surface area contributed by atoms with Crippen LogP contribution in [0.4, 0.5) is 11.4 Å². The fraction of sp³-hybridized carbons (Fsp3) is 0.150. The first-order valence-electron chi connectivity index (χ1n) is 8.24. The van der Waals surface area contributed by atoms with Crippen molar-refractivity contribution >= 4 is 50.9 Å². The third-order valence-corrected chi connectivity index (χ3v) is 4.97. The lowest BCUT2D eigenvalue weighted by atomic mass is 10.1. The van der Waals surface area contributed by atoms with Crippen LogP contribution in [0.3, 0.4) is 0 Å². The second kappa shape index (κ2) is 8.01. The van der Waals surface area contributed by atoms with E-state index in [9.17, 15) is 14.4 Å². The van der Waals surface area contributed by atoms with Crippen molar-refractivity contribution in [3.05, 3.63) is 52.9 Å². The predicted octanol–water partition coefficient (Wildman–Crippen LogP) is 4.00. The zero-order chi connectivity index (χ0) is 19.4. The van der Waals surface area contributed by atoms with Crippen molar-refractivity contribution in [3.63, 3.8) is 0 Å². The van der Waals surface area contributed by atoms with Crippen LogP contribution < -0.4 is 15.4 Å². The lowest BCUT2D eigenvalue weighted by Gasteiger charge is -2.09. The van der Waals surface area contributed by atoms with Crippen molar-refractivity contribution in [2.75, 3.05) is 17.2 Å². The Balaban J connectivity index is 1.80. The van der Waals surface area contributed by atoms with E-state index >= 15 is 0 Å². The van der Waals surface area contributed by atoms with E-state index in [4.69, 9.17) is 4.74 Å². The third-order valence-electron chi connectivity index (χ3n) is 3.87. The van der Waals surface area contributed by atoms with Crippen molar-refractivity contribution in [1.82, 2.24) is 0 Å². The molecule has 2 amide bonds. The molecule has 7 heteroatoms. The third kappa shape index (κ3) is 4.51. The number of benzene rings is 2. The van der Waals surface area contributed by atoms with E-state index in [2.05, 4.69) is 10.6 Å². The number of carbonyl (C=O) groups is 3. The Labute approximate surface area is 160 Å². The van der Waals surface area contributed by atoms with Gasteiger partial charge in [-0.25, -0.2) is 0 Å². The van der Waals surface area contributed by atoms with Crippen molar-refractivity contribution in [2.24, 2.45) is 0 Å². The van der Waals surface area contributed by atoms with Crippen LogP contribution in [-0.2, 0) is 9.59 Å². The monoisotopic (exact) mass is 382 g/mol. The van der Waals surface area contributed by atoms with Gasteiger partial charge in [-0.15, -0.1) is 11.3 Å². The zero-order valence-corrected chi connectivity index (χ0v) is 15.7. The first-order chi connectivity index (χ1) is 13.0. The number of anilines is 2. The van der Waals surface area contributed by atoms with Gasteiger partial charge in [-0.3, -0.25) is 14.4 Å². The lowest BCUT2D eigenvalue weighted by molar-refractivity contribution is -0.118. The highest BCUT2D eigenvalue weighted by atomic mass is 32.1. The summed E-state index contributed by atoms with van der Waals surface area (Å²) in [4.78, 5) is 34.8. The number of ether oxygens (including phenoxy) is 1. The standard InChI is InChI=1S/C20H18N2O4S/c1-12-3-5-15(21-11-23)8-17(12)22-20(25)19-7-14-4-6-16(9-18(14)27-19)26-10-13(2)24/h3-9,11H,10H2,1-2H3,(H,21,23)(H,22,25). The summed E-state index contributed by atoms with van der Waals surface area (Å²) >= 11 is 1.34. The largest absolute Gasteiger partial charge is 0.486 e. The molecule has 0 fully saturated rings. The Morgan fingerprint density at radius 3 is 2.70 bits per heavy atom. The molecule has 6 nitrogen and oxygen atoms in total. The van der Waals surface area contributed by atoms with Crippen LogP contribution >= 0.6 is 11.3 Å². The molecule has 0 aliphatic rings. The van der Waals surface area contributed by atoms with Gasteiger partial charge in [-0.05, 0) is 61.2 Å². The number of aryl methyl sites for hydroxylation is 1. The van der Waals surface area contributed by atoms with E-state index in [0.717, 1.165) is 15.6 Å². The van der Waals surface area contributed by atoms with Gasteiger partial charge in [-0.2, -0.15) is 0 Å². The maximum absolute atomic E-state index is 12.6. The molecule has 0 aliphatic heterocycles. The number of carbonyl (C=O) groups excluding carboxylic acids is 3. The Kier molecular flexibility index (Phi) is 5.52. The Bertz CT molecular complexity index is 1030. The molecule has 0 spiro atoms. The van der Waals surface area contributed by atoms with Crippen molar-refractivity contribution < 1.29 is 19.1 Å². The minimum Gasteiger partial charge on any atom is -0.486 e. The van der Waals surface area contributed by atoms with Gasteiger partial charge in [-0.1, -0.05) is 6.07 Å². The normalized spacial score (nSPS) is 10.4. The molecule has 0 radical (unpaired) electrons. The summed E-state index contributed by atoms with van der Waals surface area (Å²) in [5.74, 6) is 0.312. The molecule has 0 bridgehead atoms. The van der Waals surface area contributed by atoms with Gasteiger partial charge in [0.05, 0.1) is 4.88 Å². The molecule has 3 aromatic rings. The fourth-order valence-corrected chi connectivity index (χ4v) is 3.48.